The molecular weight excluding hydrogens is 292 g/mol. The van der Waals surface area contributed by atoms with Crippen LogP contribution in [0.4, 0.5) is 5.95 Å². The first-order valence-corrected chi connectivity index (χ1v) is 8.48. The van der Waals surface area contributed by atoms with Crippen LogP contribution in [0.5, 0.6) is 0 Å². The molecule has 1 amide bonds. The van der Waals surface area contributed by atoms with Gasteiger partial charge in [-0.15, -0.1) is 0 Å². The first-order valence-electron chi connectivity index (χ1n) is 8.48. The van der Waals surface area contributed by atoms with E-state index in [1.807, 2.05) is 13.0 Å². The van der Waals surface area contributed by atoms with Gasteiger partial charge in [0, 0.05) is 45.1 Å². The minimum Gasteiger partial charge on any atom is -0.355 e. The Morgan fingerprint density at radius 2 is 2.00 bits per heavy atom. The Morgan fingerprint density at radius 3 is 2.65 bits per heavy atom. The maximum Gasteiger partial charge on any atom is 0.236 e. The predicted octanol–water partition coefficient (Wildman–Crippen LogP) is 0.232. The van der Waals surface area contributed by atoms with E-state index in [1.165, 1.54) is 0 Å². The number of carbonyl (C=O) groups is 1. The fourth-order valence-corrected chi connectivity index (χ4v) is 2.71. The predicted molar refractivity (Wildman–Crippen MR) is 91.2 cm³/mol. The normalized spacial score (nSPS) is 17.0. The lowest BCUT2D eigenvalue weighted by Crippen LogP contribution is -2.47. The molecule has 1 aliphatic heterocycles. The molecule has 1 aromatic heterocycles. The van der Waals surface area contributed by atoms with E-state index in [0.717, 1.165) is 57.9 Å². The van der Waals surface area contributed by atoms with Crippen molar-refractivity contribution < 1.29 is 4.79 Å². The Balaban J connectivity index is 1.59. The third-order valence-corrected chi connectivity index (χ3v) is 4.09. The maximum absolute atomic E-state index is 11.7. The summed E-state index contributed by atoms with van der Waals surface area (Å²) in [5, 5.41) is 2.92. The zero-order valence-electron chi connectivity index (χ0n) is 13.9. The molecule has 0 radical (unpaired) electrons. The van der Waals surface area contributed by atoms with E-state index >= 15 is 0 Å². The summed E-state index contributed by atoms with van der Waals surface area (Å²) in [7, 11) is 0. The van der Waals surface area contributed by atoms with Crippen LogP contribution in [0.2, 0.25) is 0 Å². The van der Waals surface area contributed by atoms with E-state index in [-0.39, 0.29) is 11.9 Å². The molecule has 1 unspecified atom stereocenters. The van der Waals surface area contributed by atoms with Gasteiger partial charge in [-0.05, 0) is 25.5 Å². The topological polar surface area (TPSA) is 87.4 Å². The number of carbonyl (C=O) groups excluding carboxylic acids is 1. The molecular formula is C16H28N6O. The number of hydrogen-bond donors (Lipinski definition) is 2. The SMILES string of the molecule is CCCC(N)C(=O)NCCCN1CCN(c2ncccn2)CC1. The van der Waals surface area contributed by atoms with E-state index < -0.39 is 0 Å². The van der Waals surface area contributed by atoms with Gasteiger partial charge in [0.2, 0.25) is 11.9 Å². The van der Waals surface area contributed by atoms with Crippen LogP contribution < -0.4 is 16.0 Å². The van der Waals surface area contributed by atoms with Crippen LogP contribution in [0.25, 0.3) is 0 Å². The molecule has 1 aliphatic rings. The zero-order valence-corrected chi connectivity index (χ0v) is 13.9. The number of piperazine rings is 1. The second kappa shape index (κ2) is 9.42. The van der Waals surface area contributed by atoms with Crippen LogP contribution in [0, 0.1) is 0 Å². The van der Waals surface area contributed by atoms with Gasteiger partial charge in [-0.2, -0.15) is 0 Å². The lowest BCUT2D eigenvalue weighted by Gasteiger charge is -2.34. The molecule has 7 nitrogen and oxygen atoms in total. The van der Waals surface area contributed by atoms with E-state index in [9.17, 15) is 4.79 Å². The van der Waals surface area contributed by atoms with Crippen molar-refractivity contribution in [3.8, 4) is 0 Å². The molecule has 0 aromatic carbocycles. The molecule has 3 N–H and O–H groups in total. The van der Waals surface area contributed by atoms with Gasteiger partial charge in [0.05, 0.1) is 6.04 Å². The third-order valence-electron chi connectivity index (χ3n) is 4.09. The summed E-state index contributed by atoms with van der Waals surface area (Å²) < 4.78 is 0. The molecule has 0 spiro atoms. The highest BCUT2D eigenvalue weighted by Gasteiger charge is 2.18. The molecule has 1 atom stereocenters. The van der Waals surface area contributed by atoms with E-state index in [1.54, 1.807) is 12.4 Å². The summed E-state index contributed by atoms with van der Waals surface area (Å²) in [6.07, 6.45) is 6.19. The fourth-order valence-electron chi connectivity index (χ4n) is 2.71. The maximum atomic E-state index is 11.7. The number of anilines is 1. The van der Waals surface area contributed by atoms with E-state index in [4.69, 9.17) is 5.73 Å². The van der Waals surface area contributed by atoms with Crippen molar-refractivity contribution in [1.29, 1.82) is 0 Å². The van der Waals surface area contributed by atoms with Gasteiger partial charge in [0.15, 0.2) is 0 Å². The Morgan fingerprint density at radius 1 is 1.30 bits per heavy atom. The van der Waals surface area contributed by atoms with Crippen LogP contribution in [0.1, 0.15) is 26.2 Å². The first-order chi connectivity index (χ1) is 11.2. The van der Waals surface area contributed by atoms with Gasteiger partial charge in [0.25, 0.3) is 0 Å². The molecule has 2 heterocycles. The minimum absolute atomic E-state index is 0.0297. The number of nitrogens with one attached hydrogen (secondary N) is 1. The monoisotopic (exact) mass is 320 g/mol. The van der Waals surface area contributed by atoms with Crippen molar-refractivity contribution in [1.82, 2.24) is 20.2 Å². The first kappa shape index (κ1) is 17.6. The second-order valence-electron chi connectivity index (χ2n) is 5.92. The van der Waals surface area contributed by atoms with Crippen molar-refractivity contribution in [2.75, 3.05) is 44.2 Å². The Hall–Kier alpha value is -1.73. The number of aromatic nitrogens is 2. The highest BCUT2D eigenvalue weighted by Crippen LogP contribution is 2.09. The lowest BCUT2D eigenvalue weighted by atomic mass is 10.1. The van der Waals surface area contributed by atoms with E-state index in [0.29, 0.717) is 6.54 Å². The molecule has 0 saturated carbocycles. The smallest absolute Gasteiger partial charge is 0.236 e. The van der Waals surface area contributed by atoms with Gasteiger partial charge in [-0.1, -0.05) is 13.3 Å². The zero-order chi connectivity index (χ0) is 16.5. The van der Waals surface area contributed by atoms with Crippen LogP contribution >= 0.6 is 0 Å². The quantitative estimate of drug-likeness (QED) is 0.667. The highest BCUT2D eigenvalue weighted by molar-refractivity contribution is 5.81. The number of amides is 1. The second-order valence-corrected chi connectivity index (χ2v) is 5.92. The molecule has 1 saturated heterocycles. The molecule has 2 rings (SSSR count). The number of nitrogens with two attached hydrogens (primary N) is 1. The summed E-state index contributed by atoms with van der Waals surface area (Å²) in [4.78, 5) is 24.9. The molecule has 7 heteroatoms. The van der Waals surface area contributed by atoms with Crippen molar-refractivity contribution in [3.63, 3.8) is 0 Å². The number of rotatable bonds is 8. The Labute approximate surface area is 138 Å². The molecule has 0 aliphatic carbocycles. The van der Waals surface area contributed by atoms with Gasteiger partial charge in [0.1, 0.15) is 0 Å². The van der Waals surface area contributed by atoms with Crippen molar-refractivity contribution >= 4 is 11.9 Å². The molecule has 23 heavy (non-hydrogen) atoms. The van der Waals surface area contributed by atoms with Gasteiger partial charge >= 0.3 is 0 Å². The lowest BCUT2D eigenvalue weighted by molar-refractivity contribution is -0.122. The summed E-state index contributed by atoms with van der Waals surface area (Å²) in [6.45, 7) is 7.61. The average Bonchev–Trinajstić information content (AvgIpc) is 2.60. The van der Waals surface area contributed by atoms with Crippen LogP contribution in [-0.2, 0) is 4.79 Å². The summed E-state index contributed by atoms with van der Waals surface area (Å²) in [5.74, 6) is 0.780. The van der Waals surface area contributed by atoms with Crippen molar-refractivity contribution in [2.45, 2.75) is 32.2 Å². The molecule has 1 aromatic rings. The van der Waals surface area contributed by atoms with Crippen molar-refractivity contribution in [2.24, 2.45) is 5.73 Å². The van der Waals surface area contributed by atoms with E-state index in [2.05, 4.69) is 25.1 Å². The molecule has 1 fully saturated rings. The van der Waals surface area contributed by atoms with Crippen molar-refractivity contribution in [3.05, 3.63) is 18.5 Å². The highest BCUT2D eigenvalue weighted by atomic mass is 16.2. The van der Waals surface area contributed by atoms with Crippen LogP contribution in [-0.4, -0.2) is 66.1 Å². The summed E-state index contributed by atoms with van der Waals surface area (Å²) in [6, 6.07) is 1.47. The number of hydrogen-bond acceptors (Lipinski definition) is 6. The van der Waals surface area contributed by atoms with Crippen LogP contribution in [0.3, 0.4) is 0 Å². The summed E-state index contributed by atoms with van der Waals surface area (Å²) in [5.41, 5.74) is 5.78. The van der Waals surface area contributed by atoms with Crippen LogP contribution in [0.15, 0.2) is 18.5 Å². The Kier molecular flexibility index (Phi) is 7.22. The fraction of sp³-hybridized carbons (Fsp3) is 0.688. The largest absolute Gasteiger partial charge is 0.355 e. The van der Waals surface area contributed by atoms with Gasteiger partial charge in [-0.25, -0.2) is 9.97 Å². The Bertz CT molecular complexity index is 461. The minimum atomic E-state index is -0.366. The molecule has 128 valence electrons. The summed E-state index contributed by atoms with van der Waals surface area (Å²) >= 11 is 0. The van der Waals surface area contributed by atoms with Gasteiger partial charge < -0.3 is 16.0 Å². The standard InChI is InChI=1S/C16H28N6O/c1-2-5-14(17)15(23)18-8-4-9-21-10-12-22(13-11-21)16-19-6-3-7-20-16/h3,6-7,14H,2,4-5,8-13,17H2,1H3,(H,18,23). The molecule has 0 bridgehead atoms. The van der Waals surface area contributed by atoms with Gasteiger partial charge in [-0.3, -0.25) is 9.69 Å². The average molecular weight is 320 g/mol. The number of nitrogens with zero attached hydrogens (tertiary/aromatic N) is 4. The third kappa shape index (κ3) is 5.76.